The van der Waals surface area contributed by atoms with Crippen LogP contribution in [0.5, 0.6) is 0 Å². The van der Waals surface area contributed by atoms with Crippen LogP contribution in [0.2, 0.25) is 0 Å². The largest absolute Gasteiger partial charge is 0.357 e. The SMILES string of the molecule is CCCCC(=O)N(Cc1ccc(-c2ccccc2S(=O)(=O)Nc2onc(C)c2C)cc1)C(C(=O)NC)C(C)C. The molecule has 0 spiro atoms. The molecule has 0 radical (unpaired) electrons. The number of nitrogens with one attached hydrogen (secondary N) is 2. The topological polar surface area (TPSA) is 122 Å². The molecule has 1 unspecified atom stereocenters. The zero-order valence-electron chi connectivity index (χ0n) is 23.4. The van der Waals surface area contributed by atoms with Crippen LogP contribution < -0.4 is 10.0 Å². The molecule has 2 N–H and O–H groups in total. The van der Waals surface area contributed by atoms with Crippen LogP contribution in [0, 0.1) is 19.8 Å². The van der Waals surface area contributed by atoms with Crippen molar-refractivity contribution in [3.63, 3.8) is 0 Å². The van der Waals surface area contributed by atoms with E-state index in [4.69, 9.17) is 4.52 Å². The van der Waals surface area contributed by atoms with Crippen LogP contribution in [-0.2, 0) is 26.2 Å². The van der Waals surface area contributed by atoms with E-state index in [9.17, 15) is 18.0 Å². The normalized spacial score (nSPS) is 12.3. The minimum absolute atomic E-state index is 0.0660. The first-order chi connectivity index (χ1) is 18.5. The molecule has 210 valence electrons. The summed E-state index contributed by atoms with van der Waals surface area (Å²) in [5.41, 5.74) is 3.28. The predicted octanol–water partition coefficient (Wildman–Crippen LogP) is 5.05. The molecule has 1 aromatic heterocycles. The van der Waals surface area contributed by atoms with E-state index in [-0.39, 0.29) is 35.1 Å². The van der Waals surface area contributed by atoms with Gasteiger partial charge in [-0.15, -0.1) is 0 Å². The summed E-state index contributed by atoms with van der Waals surface area (Å²) in [6, 6.07) is 13.5. The number of carbonyl (C=O) groups excluding carboxylic acids is 2. The van der Waals surface area contributed by atoms with Crippen molar-refractivity contribution in [3.05, 3.63) is 65.4 Å². The highest BCUT2D eigenvalue weighted by Gasteiger charge is 2.31. The van der Waals surface area contributed by atoms with E-state index in [1.807, 2.05) is 45.0 Å². The summed E-state index contributed by atoms with van der Waals surface area (Å²) in [4.78, 5) is 27.6. The molecule has 2 amide bonds. The van der Waals surface area contributed by atoms with Gasteiger partial charge in [0.05, 0.1) is 10.6 Å². The molecule has 2 aromatic carbocycles. The number of carbonyl (C=O) groups is 2. The average Bonchev–Trinajstić information content (AvgIpc) is 3.23. The zero-order chi connectivity index (χ0) is 28.7. The van der Waals surface area contributed by atoms with Crippen LogP contribution >= 0.6 is 0 Å². The highest BCUT2D eigenvalue weighted by atomic mass is 32.2. The maximum absolute atomic E-state index is 13.3. The van der Waals surface area contributed by atoms with Crippen LogP contribution in [0.3, 0.4) is 0 Å². The minimum atomic E-state index is -3.96. The zero-order valence-corrected chi connectivity index (χ0v) is 24.3. The summed E-state index contributed by atoms with van der Waals surface area (Å²) in [5.74, 6) is -0.253. The molecule has 39 heavy (non-hydrogen) atoms. The summed E-state index contributed by atoms with van der Waals surface area (Å²) in [7, 11) is -2.39. The van der Waals surface area contributed by atoms with Gasteiger partial charge in [0, 0.05) is 31.1 Å². The fraction of sp³-hybridized carbons (Fsp3) is 0.414. The first-order valence-electron chi connectivity index (χ1n) is 13.1. The number of aryl methyl sites for hydroxylation is 1. The van der Waals surface area contributed by atoms with Crippen molar-refractivity contribution in [2.75, 3.05) is 11.8 Å². The summed E-state index contributed by atoms with van der Waals surface area (Å²) in [5, 5.41) is 6.51. The van der Waals surface area contributed by atoms with Gasteiger partial charge in [-0.25, -0.2) is 13.1 Å². The van der Waals surface area contributed by atoms with Crippen LogP contribution in [0.25, 0.3) is 11.1 Å². The van der Waals surface area contributed by atoms with Crippen LogP contribution in [0.1, 0.15) is 56.9 Å². The van der Waals surface area contributed by atoms with Crippen LogP contribution in [0.15, 0.2) is 57.9 Å². The Morgan fingerprint density at radius 2 is 1.72 bits per heavy atom. The molecule has 0 fully saturated rings. The van der Waals surface area contributed by atoms with Crippen molar-refractivity contribution in [1.82, 2.24) is 15.4 Å². The van der Waals surface area contributed by atoms with E-state index in [1.165, 1.54) is 6.07 Å². The lowest BCUT2D eigenvalue weighted by atomic mass is 9.99. The number of aromatic nitrogens is 1. The van der Waals surface area contributed by atoms with Gasteiger partial charge in [-0.2, -0.15) is 0 Å². The van der Waals surface area contributed by atoms with Gasteiger partial charge in [0.1, 0.15) is 6.04 Å². The lowest BCUT2D eigenvalue weighted by Crippen LogP contribution is -2.51. The molecular formula is C29H38N4O5S. The molecule has 1 atom stereocenters. The first-order valence-corrected chi connectivity index (χ1v) is 14.6. The van der Waals surface area contributed by atoms with Crippen molar-refractivity contribution < 1.29 is 22.5 Å². The number of hydrogen-bond donors (Lipinski definition) is 2. The standard InChI is InChI=1S/C29H38N4O5S/c1-7-8-13-26(34)33(27(19(2)3)28(35)30-6)18-22-14-16-23(17-15-22)24-11-9-10-12-25(24)39(36,37)32-29-20(4)21(5)31-38-29/h9-12,14-17,19,27,32H,7-8,13,18H2,1-6H3,(H,30,35). The summed E-state index contributed by atoms with van der Waals surface area (Å²) in [6.45, 7) is 9.62. The molecular weight excluding hydrogens is 516 g/mol. The molecule has 9 nitrogen and oxygen atoms in total. The Kier molecular flexibility index (Phi) is 9.91. The highest BCUT2D eigenvalue weighted by molar-refractivity contribution is 7.92. The van der Waals surface area contributed by atoms with Crippen molar-refractivity contribution in [2.24, 2.45) is 5.92 Å². The smallest absolute Gasteiger partial charge is 0.264 e. The summed E-state index contributed by atoms with van der Waals surface area (Å²) >= 11 is 0. The number of rotatable bonds is 12. The maximum Gasteiger partial charge on any atom is 0.264 e. The summed E-state index contributed by atoms with van der Waals surface area (Å²) < 4.78 is 34.2. The van der Waals surface area contributed by atoms with Crippen LogP contribution in [-0.4, -0.2) is 43.4 Å². The maximum atomic E-state index is 13.3. The quantitative estimate of drug-likeness (QED) is 0.323. The van der Waals surface area contributed by atoms with Crippen molar-refractivity contribution in [1.29, 1.82) is 0 Å². The number of unbranched alkanes of at least 4 members (excludes halogenated alkanes) is 1. The second-order valence-corrected chi connectivity index (χ2v) is 11.6. The molecule has 1 heterocycles. The minimum Gasteiger partial charge on any atom is -0.357 e. The number of nitrogens with zero attached hydrogens (tertiary/aromatic N) is 2. The lowest BCUT2D eigenvalue weighted by Gasteiger charge is -2.33. The Morgan fingerprint density at radius 3 is 2.28 bits per heavy atom. The van der Waals surface area contributed by atoms with Crippen molar-refractivity contribution >= 4 is 27.7 Å². The molecule has 0 aliphatic carbocycles. The third-order valence-electron chi connectivity index (χ3n) is 6.73. The van der Waals surface area contributed by atoms with Gasteiger partial charge in [0.25, 0.3) is 10.0 Å². The lowest BCUT2D eigenvalue weighted by molar-refractivity contribution is -0.142. The molecule has 3 aromatic rings. The third-order valence-corrected chi connectivity index (χ3v) is 8.11. The Hall–Kier alpha value is -3.66. The van der Waals surface area contributed by atoms with Gasteiger partial charge >= 0.3 is 0 Å². The molecule has 0 bridgehead atoms. The number of sulfonamides is 1. The van der Waals surface area contributed by atoms with E-state index < -0.39 is 16.1 Å². The third kappa shape index (κ3) is 7.06. The molecule has 3 rings (SSSR count). The predicted molar refractivity (Wildman–Crippen MR) is 151 cm³/mol. The molecule has 0 aliphatic rings. The molecule has 0 aliphatic heterocycles. The van der Waals surface area contributed by atoms with Crippen LogP contribution in [0.4, 0.5) is 5.88 Å². The van der Waals surface area contributed by atoms with E-state index in [0.29, 0.717) is 28.8 Å². The monoisotopic (exact) mass is 554 g/mol. The molecule has 0 saturated heterocycles. The highest BCUT2D eigenvalue weighted by Crippen LogP contribution is 2.30. The number of likely N-dealkylation sites (N-methyl/N-ethyl adjacent to an activating group) is 1. The first kappa shape index (κ1) is 29.9. The Morgan fingerprint density at radius 1 is 1.05 bits per heavy atom. The summed E-state index contributed by atoms with van der Waals surface area (Å²) in [6.07, 6.45) is 2.00. The van der Waals surface area contributed by atoms with Gasteiger partial charge in [-0.1, -0.05) is 74.8 Å². The molecule has 0 saturated carbocycles. The van der Waals surface area contributed by atoms with E-state index in [2.05, 4.69) is 15.2 Å². The van der Waals surface area contributed by atoms with E-state index in [1.54, 1.807) is 44.0 Å². The van der Waals surface area contributed by atoms with Gasteiger partial charge in [-0.3, -0.25) is 9.59 Å². The number of anilines is 1. The van der Waals surface area contributed by atoms with Gasteiger partial charge in [0.15, 0.2) is 0 Å². The second-order valence-electron chi connectivity index (χ2n) is 9.95. The number of hydrogen-bond acceptors (Lipinski definition) is 6. The number of benzene rings is 2. The van der Waals surface area contributed by atoms with Gasteiger partial charge in [0.2, 0.25) is 17.7 Å². The second kappa shape index (κ2) is 12.9. The van der Waals surface area contributed by atoms with E-state index >= 15 is 0 Å². The van der Waals surface area contributed by atoms with Gasteiger partial charge in [-0.05, 0) is 43.4 Å². The fourth-order valence-electron chi connectivity index (χ4n) is 4.38. The van der Waals surface area contributed by atoms with E-state index in [0.717, 1.165) is 18.4 Å². The average molecular weight is 555 g/mol. The van der Waals surface area contributed by atoms with Crippen molar-refractivity contribution in [3.8, 4) is 11.1 Å². The Labute approximate surface area is 231 Å². The Bertz CT molecular complexity index is 1400. The number of amides is 2. The van der Waals surface area contributed by atoms with Crippen molar-refractivity contribution in [2.45, 2.75) is 71.4 Å². The Balaban J connectivity index is 1.91. The van der Waals surface area contributed by atoms with Gasteiger partial charge < -0.3 is 14.7 Å². The fourth-order valence-corrected chi connectivity index (χ4v) is 5.66. The molecule has 10 heteroatoms.